The number of ether oxygens (including phenoxy) is 3. The highest BCUT2D eigenvalue weighted by Gasteiger charge is 2.22. The van der Waals surface area contributed by atoms with E-state index >= 15 is 0 Å². The van der Waals surface area contributed by atoms with Gasteiger partial charge in [0.1, 0.15) is 0 Å². The van der Waals surface area contributed by atoms with Gasteiger partial charge in [0, 0.05) is 12.6 Å². The minimum Gasteiger partial charge on any atom is -0.481 e. The van der Waals surface area contributed by atoms with E-state index in [-0.39, 0.29) is 0 Å². The molecule has 2 heterocycles. The predicted octanol–water partition coefficient (Wildman–Crippen LogP) is 1.33. The number of hydrogen-bond donors (Lipinski definition) is 1. The number of rotatable bonds is 4. The lowest BCUT2D eigenvalue weighted by Gasteiger charge is -2.29. The topological polar surface area (TPSA) is 65.5 Å². The number of nitrogens with zero attached hydrogens (tertiary/aromatic N) is 2. The Hall–Kier alpha value is -1.56. The first-order valence-corrected chi connectivity index (χ1v) is 6.04. The Kier molecular flexibility index (Phi) is 4.19. The molecular formula is C12H19N3O3. The van der Waals surface area contributed by atoms with E-state index in [2.05, 4.69) is 22.2 Å². The summed E-state index contributed by atoms with van der Waals surface area (Å²) in [4.78, 5) is 8.53. The molecule has 1 fully saturated rings. The average Bonchev–Trinajstić information content (AvgIpc) is 2.41. The van der Waals surface area contributed by atoms with E-state index in [1.165, 1.54) is 0 Å². The summed E-state index contributed by atoms with van der Waals surface area (Å²) in [5, 5.41) is 3.32. The molecule has 1 aliphatic heterocycles. The van der Waals surface area contributed by atoms with Gasteiger partial charge in [-0.1, -0.05) is 6.92 Å². The summed E-state index contributed by atoms with van der Waals surface area (Å²) >= 11 is 0. The number of nitrogens with one attached hydrogen (secondary N) is 1. The summed E-state index contributed by atoms with van der Waals surface area (Å²) in [6.07, 6.45) is 0.948. The van der Waals surface area contributed by atoms with Crippen molar-refractivity contribution in [2.24, 2.45) is 5.92 Å². The van der Waals surface area contributed by atoms with Crippen molar-refractivity contribution in [1.82, 2.24) is 9.97 Å². The van der Waals surface area contributed by atoms with Crippen LogP contribution in [0.4, 0.5) is 5.95 Å². The van der Waals surface area contributed by atoms with E-state index in [1.807, 2.05) is 0 Å². The van der Waals surface area contributed by atoms with Crippen LogP contribution in [0.15, 0.2) is 6.07 Å². The van der Waals surface area contributed by atoms with Crippen LogP contribution in [-0.4, -0.2) is 43.4 Å². The zero-order chi connectivity index (χ0) is 13.0. The number of hydrogen-bond acceptors (Lipinski definition) is 6. The SMILES string of the molecule is COc1cc(OC)nc(NC2CCOCC2C)n1. The molecule has 18 heavy (non-hydrogen) atoms. The molecular weight excluding hydrogens is 234 g/mol. The second-order valence-corrected chi connectivity index (χ2v) is 4.37. The summed E-state index contributed by atoms with van der Waals surface area (Å²) < 4.78 is 15.6. The lowest BCUT2D eigenvalue weighted by molar-refractivity contribution is 0.0536. The highest BCUT2D eigenvalue weighted by atomic mass is 16.5. The smallest absolute Gasteiger partial charge is 0.229 e. The standard InChI is InChI=1S/C12H19N3O3/c1-8-7-18-5-4-9(8)13-12-14-10(16-2)6-11(15-12)17-3/h6,8-9H,4-5,7H2,1-3H3,(H,13,14,15). The Labute approximate surface area is 107 Å². The fraction of sp³-hybridized carbons (Fsp3) is 0.667. The lowest BCUT2D eigenvalue weighted by atomic mass is 9.98. The van der Waals surface area contributed by atoms with Gasteiger partial charge < -0.3 is 19.5 Å². The molecule has 0 amide bonds. The van der Waals surface area contributed by atoms with Gasteiger partial charge in [-0.15, -0.1) is 0 Å². The molecule has 1 aromatic rings. The van der Waals surface area contributed by atoms with Gasteiger partial charge in [0.15, 0.2) is 0 Å². The summed E-state index contributed by atoms with van der Waals surface area (Å²) in [6, 6.07) is 1.97. The first-order valence-electron chi connectivity index (χ1n) is 6.04. The van der Waals surface area contributed by atoms with E-state index in [0.29, 0.717) is 29.7 Å². The normalized spacial score (nSPS) is 23.5. The molecule has 2 atom stereocenters. The van der Waals surface area contributed by atoms with Crippen LogP contribution in [0.25, 0.3) is 0 Å². The molecule has 1 aliphatic rings. The van der Waals surface area contributed by atoms with Crippen LogP contribution in [0.3, 0.4) is 0 Å². The summed E-state index contributed by atoms with van der Waals surface area (Å²) in [5.41, 5.74) is 0. The van der Waals surface area contributed by atoms with Crippen LogP contribution in [0, 0.1) is 5.92 Å². The van der Waals surface area contributed by atoms with Crippen LogP contribution in [-0.2, 0) is 4.74 Å². The zero-order valence-corrected chi connectivity index (χ0v) is 11.0. The molecule has 100 valence electrons. The van der Waals surface area contributed by atoms with Gasteiger partial charge in [0.2, 0.25) is 17.7 Å². The van der Waals surface area contributed by atoms with E-state index in [9.17, 15) is 0 Å². The number of anilines is 1. The second kappa shape index (κ2) is 5.86. The molecule has 6 heteroatoms. The summed E-state index contributed by atoms with van der Waals surface area (Å²) in [6.45, 7) is 3.68. The fourth-order valence-electron chi connectivity index (χ4n) is 1.94. The van der Waals surface area contributed by atoms with Gasteiger partial charge in [0.05, 0.1) is 26.9 Å². The van der Waals surface area contributed by atoms with E-state index in [1.54, 1.807) is 20.3 Å². The molecule has 0 aromatic carbocycles. The maximum atomic E-state index is 5.41. The minimum absolute atomic E-state index is 0.315. The third-order valence-corrected chi connectivity index (χ3v) is 3.05. The molecule has 0 radical (unpaired) electrons. The third-order valence-electron chi connectivity index (χ3n) is 3.05. The van der Waals surface area contributed by atoms with E-state index in [0.717, 1.165) is 19.6 Å². The highest BCUT2D eigenvalue weighted by Crippen LogP contribution is 2.21. The van der Waals surface area contributed by atoms with Gasteiger partial charge in [-0.05, 0) is 12.3 Å². The first-order chi connectivity index (χ1) is 8.72. The first kappa shape index (κ1) is 12.9. The van der Waals surface area contributed by atoms with Crippen molar-refractivity contribution in [1.29, 1.82) is 0 Å². The fourth-order valence-corrected chi connectivity index (χ4v) is 1.94. The molecule has 0 aliphatic carbocycles. The summed E-state index contributed by atoms with van der Waals surface area (Å²) in [5.74, 6) is 1.94. The van der Waals surface area contributed by atoms with Gasteiger partial charge in [0.25, 0.3) is 0 Å². The Morgan fingerprint density at radius 2 is 1.94 bits per heavy atom. The Bertz CT molecular complexity index is 378. The van der Waals surface area contributed by atoms with Crippen molar-refractivity contribution in [2.75, 3.05) is 32.8 Å². The maximum absolute atomic E-state index is 5.41. The average molecular weight is 253 g/mol. The predicted molar refractivity (Wildman–Crippen MR) is 67.1 cm³/mol. The lowest BCUT2D eigenvalue weighted by Crippen LogP contribution is -2.36. The van der Waals surface area contributed by atoms with Gasteiger partial charge in [-0.2, -0.15) is 9.97 Å². The molecule has 6 nitrogen and oxygen atoms in total. The van der Waals surface area contributed by atoms with Crippen molar-refractivity contribution in [3.05, 3.63) is 6.07 Å². The van der Waals surface area contributed by atoms with Gasteiger partial charge in [-0.25, -0.2) is 0 Å². The number of aromatic nitrogens is 2. The van der Waals surface area contributed by atoms with Gasteiger partial charge in [-0.3, -0.25) is 0 Å². The number of methoxy groups -OCH3 is 2. The van der Waals surface area contributed by atoms with Crippen molar-refractivity contribution < 1.29 is 14.2 Å². The molecule has 0 bridgehead atoms. The minimum atomic E-state index is 0.315. The second-order valence-electron chi connectivity index (χ2n) is 4.37. The van der Waals surface area contributed by atoms with Gasteiger partial charge >= 0.3 is 0 Å². The Balaban J connectivity index is 2.12. The zero-order valence-electron chi connectivity index (χ0n) is 11.0. The van der Waals surface area contributed by atoms with Crippen LogP contribution in [0.1, 0.15) is 13.3 Å². The van der Waals surface area contributed by atoms with Crippen LogP contribution in [0.2, 0.25) is 0 Å². The summed E-state index contributed by atoms with van der Waals surface area (Å²) in [7, 11) is 3.14. The van der Waals surface area contributed by atoms with Crippen LogP contribution >= 0.6 is 0 Å². The van der Waals surface area contributed by atoms with Crippen molar-refractivity contribution in [3.63, 3.8) is 0 Å². The Morgan fingerprint density at radius 1 is 1.28 bits per heavy atom. The van der Waals surface area contributed by atoms with E-state index < -0.39 is 0 Å². The van der Waals surface area contributed by atoms with Crippen molar-refractivity contribution in [3.8, 4) is 11.8 Å². The van der Waals surface area contributed by atoms with Crippen LogP contribution < -0.4 is 14.8 Å². The monoisotopic (exact) mass is 253 g/mol. The molecule has 1 aromatic heterocycles. The largest absolute Gasteiger partial charge is 0.481 e. The highest BCUT2D eigenvalue weighted by molar-refractivity contribution is 5.34. The van der Waals surface area contributed by atoms with Crippen LogP contribution in [0.5, 0.6) is 11.8 Å². The van der Waals surface area contributed by atoms with Crippen molar-refractivity contribution in [2.45, 2.75) is 19.4 Å². The molecule has 1 saturated heterocycles. The van der Waals surface area contributed by atoms with Crippen molar-refractivity contribution >= 4 is 5.95 Å². The molecule has 0 spiro atoms. The third kappa shape index (κ3) is 3.01. The molecule has 2 unspecified atom stereocenters. The van der Waals surface area contributed by atoms with E-state index in [4.69, 9.17) is 14.2 Å². The maximum Gasteiger partial charge on any atom is 0.229 e. The Morgan fingerprint density at radius 3 is 2.50 bits per heavy atom. The molecule has 2 rings (SSSR count). The quantitative estimate of drug-likeness (QED) is 0.873. The molecule has 1 N–H and O–H groups in total. The molecule has 0 saturated carbocycles.